The maximum absolute atomic E-state index is 14.0. The van der Waals surface area contributed by atoms with Crippen molar-refractivity contribution in [1.29, 1.82) is 0 Å². The molecular weight excluding hydrogens is 526 g/mol. The molecule has 39 heavy (non-hydrogen) atoms. The highest BCUT2D eigenvalue weighted by molar-refractivity contribution is 5.63. The van der Waals surface area contributed by atoms with Crippen molar-refractivity contribution < 1.29 is 31.1 Å². The van der Waals surface area contributed by atoms with Gasteiger partial charge in [0.15, 0.2) is 0 Å². The fourth-order valence-corrected chi connectivity index (χ4v) is 5.30. The Morgan fingerprint density at radius 2 is 1.67 bits per heavy atom. The summed E-state index contributed by atoms with van der Waals surface area (Å²) in [6.45, 7) is 1.20. The predicted octanol–water partition coefficient (Wildman–Crippen LogP) is 5.64. The molecule has 208 valence electrons. The summed E-state index contributed by atoms with van der Waals surface area (Å²) < 4.78 is 86.5. The third kappa shape index (κ3) is 5.87. The summed E-state index contributed by atoms with van der Waals surface area (Å²) in [5.41, 5.74) is 5.99. The van der Waals surface area contributed by atoms with Gasteiger partial charge in [0.1, 0.15) is 11.6 Å². The number of anilines is 4. The minimum atomic E-state index is -4.59. The largest absolute Gasteiger partial charge is 0.419 e. The van der Waals surface area contributed by atoms with E-state index in [1.54, 1.807) is 4.90 Å². The number of hydrogen-bond acceptors (Lipinski definition) is 7. The Morgan fingerprint density at radius 3 is 2.33 bits per heavy atom. The van der Waals surface area contributed by atoms with Crippen molar-refractivity contribution in [3.8, 4) is 0 Å². The third-order valence-corrected chi connectivity index (χ3v) is 7.16. The van der Waals surface area contributed by atoms with Crippen molar-refractivity contribution in [2.24, 2.45) is 5.92 Å². The quantitative estimate of drug-likeness (QED) is 0.405. The number of halogens is 6. The first-order chi connectivity index (χ1) is 18.5. The van der Waals surface area contributed by atoms with E-state index in [-0.39, 0.29) is 36.7 Å². The van der Waals surface area contributed by atoms with E-state index in [1.165, 1.54) is 24.4 Å². The van der Waals surface area contributed by atoms with Crippen molar-refractivity contribution in [3.05, 3.63) is 65.0 Å². The molecule has 3 aromatic rings. The molecule has 2 aromatic heterocycles. The highest BCUT2D eigenvalue weighted by atomic mass is 19.4. The summed E-state index contributed by atoms with van der Waals surface area (Å²) in [6.07, 6.45) is -5.82. The second-order valence-corrected chi connectivity index (χ2v) is 9.59. The molecule has 13 heteroatoms. The fraction of sp³-hybridized carbons (Fsp3) is 0.423. The molecule has 3 N–H and O–H groups in total. The van der Waals surface area contributed by atoms with Crippen molar-refractivity contribution in [2.45, 2.75) is 44.1 Å². The Balaban J connectivity index is 1.53. The molecule has 0 aliphatic carbocycles. The molecule has 2 aliphatic rings. The molecule has 1 saturated heterocycles. The Kier molecular flexibility index (Phi) is 7.27. The smallest absolute Gasteiger partial charge is 0.381 e. The highest BCUT2D eigenvalue weighted by Gasteiger charge is 2.40. The molecular formula is C26H26F6N6O. The Bertz CT molecular complexity index is 1310. The number of hydrogen-bond donors (Lipinski definition) is 2. The van der Waals surface area contributed by atoms with Crippen LogP contribution in [0.4, 0.5) is 49.6 Å². The van der Waals surface area contributed by atoms with Crippen LogP contribution in [-0.2, 0) is 29.9 Å². The number of pyridine rings is 1. The molecule has 2 aliphatic heterocycles. The van der Waals surface area contributed by atoms with Gasteiger partial charge in [0.25, 0.3) is 0 Å². The van der Waals surface area contributed by atoms with Gasteiger partial charge in [-0.15, -0.1) is 0 Å². The van der Waals surface area contributed by atoms with E-state index < -0.39 is 23.5 Å². The molecule has 7 nitrogen and oxygen atoms in total. The Hall–Kier alpha value is -3.61. The summed E-state index contributed by atoms with van der Waals surface area (Å²) in [7, 11) is 0. The average Bonchev–Trinajstić information content (AvgIpc) is 3.08. The normalized spacial score (nSPS) is 18.9. The summed E-state index contributed by atoms with van der Waals surface area (Å²) in [6, 6.07) is 6.40. The van der Waals surface area contributed by atoms with Crippen LogP contribution in [0.1, 0.15) is 35.2 Å². The van der Waals surface area contributed by atoms with Gasteiger partial charge in [-0.2, -0.15) is 31.3 Å². The number of ether oxygens (including phenoxy) is 1. The van der Waals surface area contributed by atoms with Crippen molar-refractivity contribution in [1.82, 2.24) is 15.0 Å². The van der Waals surface area contributed by atoms with E-state index in [2.05, 4.69) is 20.3 Å². The maximum atomic E-state index is 14.0. The number of nitrogens with two attached hydrogens (primary N) is 1. The van der Waals surface area contributed by atoms with Crippen LogP contribution in [0.15, 0.2) is 42.6 Å². The molecule has 0 saturated carbocycles. The van der Waals surface area contributed by atoms with E-state index >= 15 is 0 Å². The number of nitrogens with zero attached hydrogens (tertiary/aromatic N) is 4. The molecule has 1 unspecified atom stereocenters. The second kappa shape index (κ2) is 10.5. The topological polar surface area (TPSA) is 89.2 Å². The first kappa shape index (κ1) is 27.0. The van der Waals surface area contributed by atoms with Crippen LogP contribution in [0.2, 0.25) is 0 Å². The highest BCUT2D eigenvalue weighted by Crippen LogP contribution is 2.40. The number of aromatic nitrogens is 3. The molecule has 0 bridgehead atoms. The van der Waals surface area contributed by atoms with Gasteiger partial charge < -0.3 is 20.7 Å². The number of alkyl halides is 6. The van der Waals surface area contributed by atoms with E-state index in [0.717, 1.165) is 18.2 Å². The van der Waals surface area contributed by atoms with Crippen LogP contribution >= 0.6 is 0 Å². The van der Waals surface area contributed by atoms with Crippen molar-refractivity contribution >= 4 is 23.3 Å². The minimum absolute atomic E-state index is 0.0234. The first-order valence-corrected chi connectivity index (χ1v) is 12.5. The van der Waals surface area contributed by atoms with Gasteiger partial charge >= 0.3 is 12.4 Å². The number of benzene rings is 1. The first-order valence-electron chi connectivity index (χ1n) is 12.5. The summed E-state index contributed by atoms with van der Waals surface area (Å²) in [5.74, 6) is 0.140. The summed E-state index contributed by atoms with van der Waals surface area (Å²) in [5, 5.41) is 3.03. The lowest BCUT2D eigenvalue weighted by Gasteiger charge is -2.39. The van der Waals surface area contributed by atoms with Gasteiger partial charge in [-0.25, -0.2) is 9.97 Å². The maximum Gasteiger partial charge on any atom is 0.419 e. The molecule has 0 spiro atoms. The zero-order valence-electron chi connectivity index (χ0n) is 20.7. The summed E-state index contributed by atoms with van der Waals surface area (Å²) >= 11 is 0. The second-order valence-electron chi connectivity index (χ2n) is 9.59. The molecule has 4 heterocycles. The SMILES string of the molecule is Nc1nc2c(c(Nc3ccc(C(F)(F)F)cc3)n1)CCN(c1ncccc1C(F)(F)F)C(C1CCOCC1)C2. The fourth-order valence-electron chi connectivity index (χ4n) is 5.30. The van der Waals surface area contributed by atoms with Gasteiger partial charge in [0.05, 0.1) is 16.8 Å². The minimum Gasteiger partial charge on any atom is -0.381 e. The van der Waals surface area contributed by atoms with Crippen molar-refractivity contribution in [3.63, 3.8) is 0 Å². The van der Waals surface area contributed by atoms with Crippen LogP contribution in [0.25, 0.3) is 0 Å². The number of rotatable bonds is 4. The molecule has 0 radical (unpaired) electrons. The zero-order valence-corrected chi connectivity index (χ0v) is 20.7. The van der Waals surface area contributed by atoms with Crippen molar-refractivity contribution in [2.75, 3.05) is 35.7 Å². The lowest BCUT2D eigenvalue weighted by atomic mass is 9.87. The standard InChI is InChI=1S/C26H26F6N6O/c27-25(28,29)16-3-5-17(6-4-16)35-22-18-7-11-38(23-19(26(30,31)32)2-1-10-34-23)21(15-8-12-39-13-9-15)14-20(18)36-24(33)37-22/h1-6,10,15,21H,7-9,11-14H2,(H3,33,35,36,37). The van der Waals surface area contributed by atoms with Gasteiger partial charge in [0.2, 0.25) is 5.95 Å². The molecule has 1 fully saturated rings. The number of nitrogen functional groups attached to an aromatic ring is 1. The van der Waals surface area contributed by atoms with Crippen LogP contribution in [0.5, 0.6) is 0 Å². The predicted molar refractivity (Wildman–Crippen MR) is 132 cm³/mol. The molecule has 1 aromatic carbocycles. The lowest BCUT2D eigenvalue weighted by molar-refractivity contribution is -0.138. The molecule has 5 rings (SSSR count). The van der Waals surface area contributed by atoms with Crippen LogP contribution in [0, 0.1) is 5.92 Å². The van der Waals surface area contributed by atoms with Gasteiger partial charge in [0, 0.05) is 49.7 Å². The number of nitrogens with one attached hydrogen (secondary N) is 1. The van der Waals surface area contributed by atoms with E-state index in [1.807, 2.05) is 0 Å². The summed E-state index contributed by atoms with van der Waals surface area (Å²) in [4.78, 5) is 14.6. The van der Waals surface area contributed by atoms with Crippen LogP contribution in [-0.4, -0.2) is 40.8 Å². The Morgan fingerprint density at radius 1 is 0.949 bits per heavy atom. The average molecular weight is 553 g/mol. The third-order valence-electron chi connectivity index (χ3n) is 7.16. The van der Waals surface area contributed by atoms with Crippen LogP contribution < -0.4 is 16.0 Å². The zero-order chi connectivity index (χ0) is 27.8. The van der Waals surface area contributed by atoms with Gasteiger partial charge in [-0.1, -0.05) is 0 Å². The van der Waals surface area contributed by atoms with E-state index in [0.29, 0.717) is 55.2 Å². The number of fused-ring (bicyclic) bond motifs is 1. The monoisotopic (exact) mass is 552 g/mol. The Labute approximate surface area is 220 Å². The van der Waals surface area contributed by atoms with Gasteiger partial charge in [-0.05, 0) is 61.6 Å². The van der Waals surface area contributed by atoms with E-state index in [9.17, 15) is 26.3 Å². The van der Waals surface area contributed by atoms with Gasteiger partial charge in [-0.3, -0.25) is 0 Å². The molecule has 1 atom stereocenters. The van der Waals surface area contributed by atoms with Crippen LogP contribution in [0.3, 0.4) is 0 Å². The lowest BCUT2D eigenvalue weighted by Crippen LogP contribution is -2.45. The molecule has 0 amide bonds. The van der Waals surface area contributed by atoms with E-state index in [4.69, 9.17) is 10.5 Å².